The molecule has 152 valence electrons. The van der Waals surface area contributed by atoms with Gasteiger partial charge in [0.1, 0.15) is 12.1 Å². The number of urea groups is 2. The number of nitrogens with one attached hydrogen (secondary N) is 3. The number of rotatable bonds is 5. The summed E-state index contributed by atoms with van der Waals surface area (Å²) in [6.45, 7) is 8.46. The van der Waals surface area contributed by atoms with Crippen molar-refractivity contribution >= 4 is 23.9 Å². The van der Waals surface area contributed by atoms with E-state index in [1.54, 1.807) is 27.7 Å². The molecule has 0 aromatic heterocycles. The SMILES string of the molecule is CCCc1ccc([C@@]2(C)NC(=O)N(CC(=O)NC(=O)NC(C)(C)C)C2=O)cc1. The van der Waals surface area contributed by atoms with Gasteiger partial charge >= 0.3 is 12.1 Å². The number of hydrogen-bond donors (Lipinski definition) is 3. The van der Waals surface area contributed by atoms with Crippen LogP contribution in [0.15, 0.2) is 24.3 Å². The summed E-state index contributed by atoms with van der Waals surface area (Å²) in [6, 6.07) is 6.12. The third-order valence-corrected chi connectivity index (χ3v) is 4.39. The van der Waals surface area contributed by atoms with E-state index >= 15 is 0 Å². The number of nitrogens with zero attached hydrogens (tertiary/aromatic N) is 1. The molecule has 0 bridgehead atoms. The lowest BCUT2D eigenvalue weighted by atomic mass is 9.91. The maximum atomic E-state index is 12.9. The predicted molar refractivity (Wildman–Crippen MR) is 104 cm³/mol. The highest BCUT2D eigenvalue weighted by atomic mass is 16.2. The van der Waals surface area contributed by atoms with Crippen molar-refractivity contribution in [2.45, 2.75) is 58.5 Å². The third-order valence-electron chi connectivity index (χ3n) is 4.39. The molecule has 1 aliphatic heterocycles. The van der Waals surface area contributed by atoms with Crippen molar-refractivity contribution in [1.29, 1.82) is 0 Å². The first-order valence-electron chi connectivity index (χ1n) is 9.32. The second kappa shape index (κ2) is 8.00. The van der Waals surface area contributed by atoms with Crippen molar-refractivity contribution in [2.75, 3.05) is 6.54 Å². The van der Waals surface area contributed by atoms with Gasteiger partial charge in [-0.2, -0.15) is 0 Å². The van der Waals surface area contributed by atoms with E-state index in [9.17, 15) is 19.2 Å². The van der Waals surface area contributed by atoms with Crippen molar-refractivity contribution in [3.63, 3.8) is 0 Å². The van der Waals surface area contributed by atoms with Gasteiger partial charge in [-0.25, -0.2) is 9.59 Å². The number of aryl methyl sites for hydroxylation is 1. The first-order chi connectivity index (χ1) is 13.0. The zero-order valence-electron chi connectivity index (χ0n) is 17.0. The van der Waals surface area contributed by atoms with E-state index in [0.717, 1.165) is 23.3 Å². The van der Waals surface area contributed by atoms with Crippen LogP contribution < -0.4 is 16.0 Å². The van der Waals surface area contributed by atoms with E-state index in [1.165, 1.54) is 0 Å². The van der Waals surface area contributed by atoms with Gasteiger partial charge in [0, 0.05) is 5.54 Å². The maximum Gasteiger partial charge on any atom is 0.325 e. The topological polar surface area (TPSA) is 108 Å². The number of amides is 6. The summed E-state index contributed by atoms with van der Waals surface area (Å²) in [5.41, 5.74) is 0.00976. The summed E-state index contributed by atoms with van der Waals surface area (Å²) in [5.74, 6) is -1.28. The first-order valence-corrected chi connectivity index (χ1v) is 9.32. The molecule has 2 rings (SSSR count). The van der Waals surface area contributed by atoms with Crippen LogP contribution in [0.1, 0.15) is 52.2 Å². The second-order valence-corrected chi connectivity index (χ2v) is 8.15. The summed E-state index contributed by atoms with van der Waals surface area (Å²) in [7, 11) is 0. The normalized spacial score (nSPS) is 19.4. The fourth-order valence-corrected chi connectivity index (χ4v) is 3.01. The molecule has 0 aliphatic carbocycles. The first kappa shape index (κ1) is 21.4. The molecule has 8 heteroatoms. The largest absolute Gasteiger partial charge is 0.333 e. The fourth-order valence-electron chi connectivity index (χ4n) is 3.01. The highest BCUT2D eigenvalue weighted by Crippen LogP contribution is 2.29. The summed E-state index contributed by atoms with van der Waals surface area (Å²) in [4.78, 5) is 49.9. The molecule has 1 atom stereocenters. The minimum atomic E-state index is -1.25. The average molecular weight is 388 g/mol. The van der Waals surface area contributed by atoms with E-state index in [-0.39, 0.29) is 0 Å². The Morgan fingerprint density at radius 1 is 1.14 bits per heavy atom. The molecule has 0 radical (unpaired) electrons. The predicted octanol–water partition coefficient (Wildman–Crippen LogP) is 2.03. The summed E-state index contributed by atoms with van der Waals surface area (Å²) in [5, 5.41) is 7.36. The average Bonchev–Trinajstić information content (AvgIpc) is 2.78. The van der Waals surface area contributed by atoms with Crippen LogP contribution in [-0.4, -0.2) is 40.9 Å². The van der Waals surface area contributed by atoms with Crippen LogP contribution in [0, 0.1) is 0 Å². The molecular weight excluding hydrogens is 360 g/mol. The number of carbonyl (C=O) groups excluding carboxylic acids is 4. The monoisotopic (exact) mass is 388 g/mol. The Morgan fingerprint density at radius 3 is 2.29 bits per heavy atom. The molecule has 8 nitrogen and oxygen atoms in total. The Bertz CT molecular complexity index is 782. The quantitative estimate of drug-likeness (QED) is 0.671. The van der Waals surface area contributed by atoms with E-state index < -0.39 is 41.5 Å². The molecule has 1 fully saturated rings. The molecule has 6 amide bonds. The molecule has 1 aromatic rings. The van der Waals surface area contributed by atoms with Crippen LogP contribution in [0.4, 0.5) is 9.59 Å². The van der Waals surface area contributed by atoms with E-state index in [0.29, 0.717) is 5.56 Å². The summed E-state index contributed by atoms with van der Waals surface area (Å²) >= 11 is 0. The maximum absolute atomic E-state index is 12.9. The van der Waals surface area contributed by atoms with Crippen LogP contribution in [0.3, 0.4) is 0 Å². The van der Waals surface area contributed by atoms with Gasteiger partial charge in [0.25, 0.3) is 5.91 Å². The summed E-state index contributed by atoms with van der Waals surface area (Å²) < 4.78 is 0. The summed E-state index contributed by atoms with van der Waals surface area (Å²) in [6.07, 6.45) is 1.94. The van der Waals surface area contributed by atoms with Crippen molar-refractivity contribution in [2.24, 2.45) is 0 Å². The Balaban J connectivity index is 2.08. The van der Waals surface area contributed by atoms with Gasteiger partial charge < -0.3 is 10.6 Å². The van der Waals surface area contributed by atoms with Gasteiger partial charge in [-0.15, -0.1) is 0 Å². The number of benzene rings is 1. The minimum Gasteiger partial charge on any atom is -0.333 e. The Kier molecular flexibility index (Phi) is 6.11. The zero-order valence-corrected chi connectivity index (χ0v) is 17.0. The molecule has 1 aromatic carbocycles. The molecule has 1 aliphatic rings. The third kappa shape index (κ3) is 4.88. The lowest BCUT2D eigenvalue weighted by Gasteiger charge is -2.23. The lowest BCUT2D eigenvalue weighted by Crippen LogP contribution is -2.51. The lowest BCUT2D eigenvalue weighted by molar-refractivity contribution is -0.134. The molecule has 3 N–H and O–H groups in total. The molecule has 0 spiro atoms. The van der Waals surface area contributed by atoms with Gasteiger partial charge in [0.05, 0.1) is 0 Å². The van der Waals surface area contributed by atoms with Crippen molar-refractivity contribution in [3.05, 3.63) is 35.4 Å². The van der Waals surface area contributed by atoms with Crippen molar-refractivity contribution in [3.8, 4) is 0 Å². The van der Waals surface area contributed by atoms with Crippen LogP contribution in [0.25, 0.3) is 0 Å². The smallest absolute Gasteiger partial charge is 0.325 e. The zero-order chi connectivity index (χ0) is 21.1. The van der Waals surface area contributed by atoms with Gasteiger partial charge in [-0.3, -0.25) is 19.8 Å². The van der Waals surface area contributed by atoms with Crippen molar-refractivity contribution in [1.82, 2.24) is 20.9 Å². The minimum absolute atomic E-state index is 0.520. The van der Waals surface area contributed by atoms with E-state index in [4.69, 9.17) is 0 Å². The molecule has 28 heavy (non-hydrogen) atoms. The van der Waals surface area contributed by atoms with Crippen LogP contribution >= 0.6 is 0 Å². The fraction of sp³-hybridized carbons (Fsp3) is 0.500. The molecule has 1 heterocycles. The highest BCUT2D eigenvalue weighted by molar-refractivity contribution is 6.10. The van der Waals surface area contributed by atoms with Crippen molar-refractivity contribution < 1.29 is 19.2 Å². The van der Waals surface area contributed by atoms with Gasteiger partial charge in [0.2, 0.25) is 5.91 Å². The van der Waals surface area contributed by atoms with E-state index in [1.807, 2.05) is 24.3 Å². The second-order valence-electron chi connectivity index (χ2n) is 8.15. The highest BCUT2D eigenvalue weighted by Gasteiger charge is 2.49. The number of carbonyl (C=O) groups is 4. The Labute approximate surface area is 165 Å². The van der Waals surface area contributed by atoms with Crippen LogP contribution in [0.2, 0.25) is 0 Å². The molecule has 0 unspecified atom stereocenters. The number of hydrogen-bond acceptors (Lipinski definition) is 4. The number of imide groups is 2. The Morgan fingerprint density at radius 2 is 1.75 bits per heavy atom. The van der Waals surface area contributed by atoms with Crippen LogP contribution in [-0.2, 0) is 21.5 Å². The van der Waals surface area contributed by atoms with Crippen LogP contribution in [0.5, 0.6) is 0 Å². The van der Waals surface area contributed by atoms with Gasteiger partial charge in [-0.05, 0) is 45.2 Å². The standard InChI is InChI=1S/C20H28N4O4/c1-6-7-13-8-10-14(11-9-13)20(5)16(26)24(18(28)23-20)12-15(25)21-17(27)22-19(2,3)4/h8-11H,6-7,12H2,1-5H3,(H,23,28)(H2,21,22,25,27)/t20-/m1/s1. The molecular formula is C20H28N4O4. The Hall–Kier alpha value is -2.90. The molecule has 0 saturated carbocycles. The van der Waals surface area contributed by atoms with Gasteiger partial charge in [0.15, 0.2) is 0 Å². The van der Waals surface area contributed by atoms with Gasteiger partial charge in [-0.1, -0.05) is 37.6 Å². The van der Waals surface area contributed by atoms with E-state index in [2.05, 4.69) is 22.9 Å². The molecule has 1 saturated heterocycles.